The Hall–Kier alpha value is -5.72. The van der Waals surface area contributed by atoms with Crippen LogP contribution < -0.4 is 16.0 Å². The Bertz CT molecular complexity index is 2430. The van der Waals surface area contributed by atoms with Crippen molar-refractivity contribution < 1.29 is 47.0 Å². The van der Waals surface area contributed by atoms with Crippen LogP contribution in [0.25, 0.3) is 10.9 Å². The number of fused-ring (bicyclic) bond motifs is 2. The number of piperidine rings is 1. The first kappa shape index (κ1) is 43.9. The summed E-state index contributed by atoms with van der Waals surface area (Å²) in [5.41, 5.74) is -0.460. The molecule has 1 unspecified atom stereocenters. The molecule has 2 saturated carbocycles. The van der Waals surface area contributed by atoms with Gasteiger partial charge in [-0.3, -0.25) is 38.9 Å². The van der Waals surface area contributed by atoms with Gasteiger partial charge in [0.1, 0.15) is 17.4 Å². The number of hydrogen-bond acceptors (Lipinski definition) is 11. The van der Waals surface area contributed by atoms with Gasteiger partial charge in [-0.2, -0.15) is 18.3 Å². The monoisotopic (exact) mass is 872 g/mol. The van der Waals surface area contributed by atoms with Crippen molar-refractivity contribution in [3.05, 3.63) is 82.8 Å². The van der Waals surface area contributed by atoms with Gasteiger partial charge in [-0.15, -0.1) is 0 Å². The van der Waals surface area contributed by atoms with Crippen LogP contribution in [0.4, 0.5) is 24.5 Å². The van der Waals surface area contributed by atoms with E-state index in [0.29, 0.717) is 29.3 Å². The Morgan fingerprint density at radius 2 is 1.73 bits per heavy atom. The highest BCUT2D eigenvalue weighted by atomic mass is 19.4. The van der Waals surface area contributed by atoms with E-state index in [4.69, 9.17) is 9.84 Å². The van der Waals surface area contributed by atoms with Crippen LogP contribution in [0.5, 0.6) is 0 Å². The third-order valence-electron chi connectivity index (χ3n) is 12.5. The van der Waals surface area contributed by atoms with E-state index < -0.39 is 58.7 Å². The molecule has 0 radical (unpaired) electrons. The summed E-state index contributed by atoms with van der Waals surface area (Å²) < 4.78 is 47.8. The second-order valence-electron chi connectivity index (χ2n) is 17.8. The number of imide groups is 2. The molecule has 1 saturated heterocycles. The first-order chi connectivity index (χ1) is 29.9. The number of benzene rings is 2. The van der Waals surface area contributed by atoms with Crippen molar-refractivity contribution in [2.24, 2.45) is 5.92 Å². The molecule has 4 heterocycles. The van der Waals surface area contributed by atoms with E-state index in [1.54, 1.807) is 44.2 Å². The molecule has 2 aliphatic carbocycles. The van der Waals surface area contributed by atoms with Crippen LogP contribution in [-0.4, -0.2) is 104 Å². The van der Waals surface area contributed by atoms with Gasteiger partial charge in [-0.1, -0.05) is 6.07 Å². The Morgan fingerprint density at radius 3 is 2.44 bits per heavy atom. The van der Waals surface area contributed by atoms with E-state index in [1.165, 1.54) is 6.07 Å². The van der Waals surface area contributed by atoms with E-state index >= 15 is 0 Å². The van der Waals surface area contributed by atoms with Gasteiger partial charge < -0.3 is 25.4 Å². The number of hydrogen-bond donors (Lipinski definition) is 4. The molecule has 3 fully saturated rings. The van der Waals surface area contributed by atoms with Crippen LogP contribution in [0.1, 0.15) is 120 Å². The summed E-state index contributed by atoms with van der Waals surface area (Å²) in [5.74, 6) is -2.39. The van der Waals surface area contributed by atoms with Crippen LogP contribution in [0, 0.1) is 5.92 Å². The lowest BCUT2D eigenvalue weighted by Crippen LogP contribution is -2.54. The largest absolute Gasteiger partial charge is 0.433 e. The third-order valence-corrected chi connectivity index (χ3v) is 12.5. The van der Waals surface area contributed by atoms with Crippen molar-refractivity contribution in [1.29, 1.82) is 0 Å². The predicted molar refractivity (Wildman–Crippen MR) is 225 cm³/mol. The van der Waals surface area contributed by atoms with E-state index in [-0.39, 0.29) is 47.8 Å². The number of amides is 5. The molecule has 2 aromatic heterocycles. The van der Waals surface area contributed by atoms with Gasteiger partial charge in [0.15, 0.2) is 0 Å². The van der Waals surface area contributed by atoms with Gasteiger partial charge in [0.05, 0.1) is 34.4 Å². The molecule has 18 heteroatoms. The zero-order valence-corrected chi connectivity index (χ0v) is 35.3. The molecule has 4 N–H and O–H groups in total. The Kier molecular flexibility index (Phi) is 12.2. The summed E-state index contributed by atoms with van der Waals surface area (Å²) in [6.45, 7) is 5.66. The standard InChI is InChI=1S/C45H51F3N8O7/c1-44(2,62)33-22-35-26(18-36(33)51-40(58)34-6-4-7-38(50-34)45(46,47)48)24-55(53-35)29-11-8-25(9-12-29)23-54(3)16-5-17-63-30-19-28(20-30)49-27-10-13-31-32(21-27)43(61)56(42(31)60)37-14-15-39(57)52-41(37)59/h4,6-7,10,13,18,21-22,24-25,28-30,37,49,62H,5,8-9,11-12,14-17,19-20,23H2,1-3H3,(H,51,58)(H,52,57,59). The average molecular weight is 873 g/mol. The summed E-state index contributed by atoms with van der Waals surface area (Å²) in [6.07, 6.45) is 4.01. The number of alkyl halides is 3. The normalized spacial score (nSPS) is 22.9. The second-order valence-corrected chi connectivity index (χ2v) is 17.8. The van der Waals surface area contributed by atoms with Gasteiger partial charge in [-0.25, -0.2) is 4.98 Å². The number of ether oxygens (including phenoxy) is 1. The fraction of sp³-hybridized carbons (Fsp3) is 0.489. The quantitative estimate of drug-likeness (QED) is 0.0854. The van der Waals surface area contributed by atoms with Crippen LogP contribution in [0.15, 0.2) is 54.7 Å². The third kappa shape index (κ3) is 9.62. The molecule has 4 aromatic rings. The Balaban J connectivity index is 0.756. The number of rotatable bonds is 14. The maximum Gasteiger partial charge on any atom is 0.433 e. The van der Waals surface area contributed by atoms with E-state index in [2.05, 4.69) is 32.9 Å². The molecule has 0 bridgehead atoms. The zero-order valence-electron chi connectivity index (χ0n) is 35.3. The highest BCUT2D eigenvalue weighted by Gasteiger charge is 2.45. The number of halogens is 3. The fourth-order valence-electron chi connectivity index (χ4n) is 9.12. The molecule has 2 aliphatic heterocycles. The minimum atomic E-state index is -4.70. The second kappa shape index (κ2) is 17.4. The van der Waals surface area contributed by atoms with Crippen LogP contribution in [0.3, 0.4) is 0 Å². The summed E-state index contributed by atoms with van der Waals surface area (Å²) in [7, 11) is 2.13. The van der Waals surface area contributed by atoms with Gasteiger partial charge in [-0.05, 0) is 121 Å². The fourth-order valence-corrected chi connectivity index (χ4v) is 9.12. The highest BCUT2D eigenvalue weighted by Crippen LogP contribution is 2.37. The van der Waals surface area contributed by atoms with Crippen molar-refractivity contribution in [3.8, 4) is 0 Å². The molecule has 63 heavy (non-hydrogen) atoms. The first-order valence-corrected chi connectivity index (χ1v) is 21.4. The Morgan fingerprint density at radius 1 is 0.984 bits per heavy atom. The van der Waals surface area contributed by atoms with Crippen molar-refractivity contribution in [2.45, 2.75) is 108 Å². The van der Waals surface area contributed by atoms with Crippen molar-refractivity contribution >= 4 is 51.8 Å². The molecular weight excluding hydrogens is 822 g/mol. The highest BCUT2D eigenvalue weighted by molar-refractivity contribution is 6.23. The number of aromatic nitrogens is 3. The molecule has 334 valence electrons. The molecule has 1 atom stereocenters. The summed E-state index contributed by atoms with van der Waals surface area (Å²) in [4.78, 5) is 70.0. The van der Waals surface area contributed by atoms with Crippen molar-refractivity contribution in [2.75, 3.05) is 37.4 Å². The van der Waals surface area contributed by atoms with E-state index in [9.17, 15) is 42.3 Å². The van der Waals surface area contributed by atoms with Crippen LogP contribution in [-0.2, 0) is 26.1 Å². The zero-order chi connectivity index (χ0) is 44.8. The number of anilines is 2. The minimum Gasteiger partial charge on any atom is -0.386 e. The number of aliphatic hydroxyl groups is 1. The van der Waals surface area contributed by atoms with Gasteiger partial charge >= 0.3 is 6.18 Å². The number of pyridine rings is 1. The van der Waals surface area contributed by atoms with Crippen molar-refractivity contribution in [1.82, 2.24) is 29.9 Å². The summed E-state index contributed by atoms with van der Waals surface area (Å²) >= 11 is 0. The molecule has 0 spiro atoms. The molecule has 5 amide bonds. The number of nitrogens with zero attached hydrogens (tertiary/aromatic N) is 5. The van der Waals surface area contributed by atoms with E-state index in [1.807, 2.05) is 10.9 Å². The van der Waals surface area contributed by atoms with Crippen molar-refractivity contribution in [3.63, 3.8) is 0 Å². The van der Waals surface area contributed by atoms with Gasteiger partial charge in [0, 0.05) is 60.7 Å². The lowest BCUT2D eigenvalue weighted by atomic mass is 9.86. The van der Waals surface area contributed by atoms with Crippen LogP contribution >= 0.6 is 0 Å². The topological polar surface area (TPSA) is 188 Å². The predicted octanol–water partition coefficient (Wildman–Crippen LogP) is 6.04. The van der Waals surface area contributed by atoms with E-state index in [0.717, 1.165) is 80.5 Å². The van der Waals surface area contributed by atoms with Gasteiger partial charge in [0.25, 0.3) is 17.7 Å². The molecule has 15 nitrogen and oxygen atoms in total. The van der Waals surface area contributed by atoms with Gasteiger partial charge in [0.2, 0.25) is 11.8 Å². The SMILES string of the molecule is CN(CCCOC1CC(Nc2ccc3c(c2)C(=O)N(C2CCC(=O)NC2=O)C3=O)C1)CC1CCC(n2cc3cc(NC(=O)c4cccc(C(F)(F)F)n4)c(C(C)(C)O)cc3n2)CC1. The maximum atomic E-state index is 13.2. The maximum absolute atomic E-state index is 13.2. The molecule has 4 aliphatic rings. The summed E-state index contributed by atoms with van der Waals surface area (Å²) in [5, 5.41) is 24.8. The smallest absolute Gasteiger partial charge is 0.386 e. The summed E-state index contributed by atoms with van der Waals surface area (Å²) in [6, 6.07) is 10.9. The first-order valence-electron chi connectivity index (χ1n) is 21.4. The number of carbonyl (C=O) groups excluding carboxylic acids is 5. The number of carbonyl (C=O) groups is 5. The Labute approximate surface area is 361 Å². The molecule has 2 aromatic carbocycles. The minimum absolute atomic E-state index is 0.0695. The molecule has 8 rings (SSSR count). The van der Waals surface area contributed by atoms with Crippen LogP contribution in [0.2, 0.25) is 0 Å². The lowest BCUT2D eigenvalue weighted by molar-refractivity contribution is -0.141. The number of nitrogens with one attached hydrogen (secondary N) is 3. The molecular formula is C45H51F3N8O7. The average Bonchev–Trinajstić information content (AvgIpc) is 3.74. The lowest BCUT2D eigenvalue weighted by Gasteiger charge is -2.36.